The molecule has 2 rings (SSSR count). The lowest BCUT2D eigenvalue weighted by molar-refractivity contribution is -0.144. The quantitative estimate of drug-likeness (QED) is 0.590. The number of alkyl halides is 3. The number of nitrogens with zero attached hydrogens (tertiary/aromatic N) is 2. The fourth-order valence-corrected chi connectivity index (χ4v) is 2.42. The van der Waals surface area contributed by atoms with Gasteiger partial charge in [0, 0.05) is 13.1 Å². The zero-order valence-electron chi connectivity index (χ0n) is 11.6. The van der Waals surface area contributed by atoms with Crippen LogP contribution in [0.5, 0.6) is 0 Å². The Balaban J connectivity index is 2.88. The first-order valence-corrected chi connectivity index (χ1v) is 6.80. The number of hydrogen-bond donors (Lipinski definition) is 0. The molecular weight excluding hydrogens is 379 g/mol. The van der Waals surface area contributed by atoms with E-state index < -0.39 is 45.4 Å². The molecule has 0 saturated heterocycles. The van der Waals surface area contributed by atoms with Gasteiger partial charge in [0.1, 0.15) is 11.5 Å². The van der Waals surface area contributed by atoms with Crippen molar-refractivity contribution in [2.24, 2.45) is 7.05 Å². The van der Waals surface area contributed by atoms with E-state index in [1.54, 1.807) is 0 Å². The summed E-state index contributed by atoms with van der Waals surface area (Å²) in [6.45, 7) is 0. The van der Waals surface area contributed by atoms with E-state index in [4.69, 9.17) is 23.2 Å². The number of benzene rings is 1. The summed E-state index contributed by atoms with van der Waals surface area (Å²) in [7, 11) is 0.766. The Hall–Kier alpha value is -2.13. The molecule has 11 heteroatoms. The maximum absolute atomic E-state index is 14.0. The van der Waals surface area contributed by atoms with Crippen LogP contribution >= 0.6 is 23.2 Å². The average Bonchev–Trinajstić information content (AvgIpc) is 2.43. The number of hydrogen-bond acceptors (Lipinski definition) is 3. The van der Waals surface area contributed by atoms with Crippen molar-refractivity contribution in [2.45, 2.75) is 6.18 Å². The highest BCUT2D eigenvalue weighted by Crippen LogP contribution is 2.27. The lowest BCUT2D eigenvalue weighted by Gasteiger charge is -2.14. The Kier molecular flexibility index (Phi) is 4.60. The van der Waals surface area contributed by atoms with E-state index in [1.165, 1.54) is 0 Å². The molecular formula is C13H6Cl2F4N2O3. The Morgan fingerprint density at radius 2 is 1.75 bits per heavy atom. The van der Waals surface area contributed by atoms with Crippen LogP contribution in [-0.2, 0) is 13.2 Å². The van der Waals surface area contributed by atoms with Crippen LogP contribution in [0.4, 0.5) is 17.6 Å². The summed E-state index contributed by atoms with van der Waals surface area (Å²) >= 11 is 10.9. The molecule has 0 saturated carbocycles. The van der Waals surface area contributed by atoms with Gasteiger partial charge in [0.2, 0.25) is 0 Å². The maximum atomic E-state index is 14.0. The second-order valence-electron chi connectivity index (χ2n) is 4.60. The summed E-state index contributed by atoms with van der Waals surface area (Å²) < 4.78 is 52.7. The van der Waals surface area contributed by atoms with Crippen LogP contribution in [0.25, 0.3) is 5.69 Å². The summed E-state index contributed by atoms with van der Waals surface area (Å²) in [4.78, 5) is 35.2. The molecule has 0 amide bonds. The second kappa shape index (κ2) is 6.06. The lowest BCUT2D eigenvalue weighted by atomic mass is 10.2. The zero-order chi connectivity index (χ0) is 18.4. The highest BCUT2D eigenvalue weighted by atomic mass is 35.5. The smallest absolute Gasteiger partial charge is 0.292 e. The molecule has 0 aliphatic rings. The van der Waals surface area contributed by atoms with Crippen molar-refractivity contribution in [1.29, 1.82) is 0 Å². The summed E-state index contributed by atoms with van der Waals surface area (Å²) in [6.07, 6.45) is -4.96. The molecule has 24 heavy (non-hydrogen) atoms. The topological polar surface area (TPSA) is 61.1 Å². The van der Waals surface area contributed by atoms with Gasteiger partial charge < -0.3 is 0 Å². The fraction of sp³-hybridized carbons (Fsp3) is 0.154. The Bertz CT molecular complexity index is 963. The molecule has 0 atom stereocenters. The first-order chi connectivity index (χ1) is 10.9. The average molecular weight is 385 g/mol. The molecule has 0 N–H and O–H groups in total. The van der Waals surface area contributed by atoms with E-state index in [0.717, 1.165) is 7.05 Å². The second-order valence-corrected chi connectivity index (χ2v) is 5.35. The number of halogens is 6. The largest absolute Gasteiger partial charge is 0.431 e. The van der Waals surface area contributed by atoms with Gasteiger partial charge in [-0.3, -0.25) is 14.2 Å². The standard InChI is InChI=1S/C13H6Cl2F4N2O3/c1-20-9(13(17,18)19)4-10(22)21(12(20)24)8-2-5(11(15)23)6(14)3-7(8)16/h2-4H,1H3. The Morgan fingerprint density at radius 1 is 1.17 bits per heavy atom. The Labute approximate surface area is 140 Å². The van der Waals surface area contributed by atoms with Crippen molar-refractivity contribution in [3.8, 4) is 5.69 Å². The molecule has 1 heterocycles. The van der Waals surface area contributed by atoms with Crippen molar-refractivity contribution in [1.82, 2.24) is 9.13 Å². The van der Waals surface area contributed by atoms with Crippen LogP contribution < -0.4 is 11.2 Å². The number of aromatic nitrogens is 2. The van der Waals surface area contributed by atoms with Crippen LogP contribution in [0.3, 0.4) is 0 Å². The summed E-state index contributed by atoms with van der Waals surface area (Å²) in [5.74, 6) is -1.19. The molecule has 1 aromatic heterocycles. The molecule has 0 bridgehead atoms. The van der Waals surface area contributed by atoms with Crippen molar-refractivity contribution >= 4 is 28.4 Å². The van der Waals surface area contributed by atoms with Crippen LogP contribution in [0.15, 0.2) is 27.8 Å². The molecule has 0 radical (unpaired) electrons. The molecule has 2 aromatic rings. The SMILES string of the molecule is Cn1c(C(F)(F)F)cc(=O)n(-c2cc(C(=O)Cl)c(Cl)cc2F)c1=O. The first-order valence-electron chi connectivity index (χ1n) is 6.04. The van der Waals surface area contributed by atoms with Gasteiger partial charge in [-0.05, 0) is 23.7 Å². The number of carbonyl (C=O) groups excluding carboxylic acids is 1. The van der Waals surface area contributed by atoms with E-state index in [1.807, 2.05) is 0 Å². The minimum atomic E-state index is -4.96. The van der Waals surface area contributed by atoms with E-state index >= 15 is 0 Å². The van der Waals surface area contributed by atoms with Crippen LogP contribution in [0.1, 0.15) is 16.1 Å². The third-order valence-electron chi connectivity index (χ3n) is 3.10. The van der Waals surface area contributed by atoms with Crippen LogP contribution in [0, 0.1) is 5.82 Å². The highest BCUT2D eigenvalue weighted by molar-refractivity contribution is 6.68. The van der Waals surface area contributed by atoms with E-state index in [9.17, 15) is 31.9 Å². The first kappa shape index (κ1) is 18.2. The van der Waals surface area contributed by atoms with E-state index in [0.29, 0.717) is 12.1 Å². The van der Waals surface area contributed by atoms with Gasteiger partial charge in [0.25, 0.3) is 10.8 Å². The predicted octanol–water partition coefficient (Wildman–Crippen LogP) is 2.73. The minimum Gasteiger partial charge on any atom is -0.292 e. The monoisotopic (exact) mass is 384 g/mol. The van der Waals surface area contributed by atoms with Crippen LogP contribution in [0.2, 0.25) is 5.02 Å². The zero-order valence-corrected chi connectivity index (χ0v) is 13.1. The van der Waals surface area contributed by atoms with E-state index in [-0.39, 0.29) is 20.2 Å². The molecule has 0 aliphatic heterocycles. The minimum absolute atomic E-state index is 0.137. The fourth-order valence-electron chi connectivity index (χ4n) is 1.98. The maximum Gasteiger partial charge on any atom is 0.431 e. The molecule has 0 aliphatic carbocycles. The molecule has 0 fully saturated rings. The van der Waals surface area contributed by atoms with Crippen molar-refractivity contribution in [3.63, 3.8) is 0 Å². The summed E-state index contributed by atoms with van der Waals surface area (Å²) in [6, 6.07) is 1.47. The van der Waals surface area contributed by atoms with Gasteiger partial charge in [-0.15, -0.1) is 0 Å². The molecule has 1 aromatic carbocycles. The van der Waals surface area contributed by atoms with Crippen molar-refractivity contribution in [3.05, 3.63) is 61.1 Å². The third kappa shape index (κ3) is 3.09. The third-order valence-corrected chi connectivity index (χ3v) is 3.62. The van der Waals surface area contributed by atoms with Crippen LogP contribution in [-0.4, -0.2) is 14.4 Å². The van der Waals surface area contributed by atoms with Gasteiger partial charge in [-0.25, -0.2) is 13.8 Å². The van der Waals surface area contributed by atoms with Crippen molar-refractivity contribution < 1.29 is 22.4 Å². The lowest BCUT2D eigenvalue weighted by Crippen LogP contribution is -2.41. The molecule has 5 nitrogen and oxygen atoms in total. The molecule has 128 valence electrons. The summed E-state index contributed by atoms with van der Waals surface area (Å²) in [5.41, 5.74) is -5.55. The van der Waals surface area contributed by atoms with E-state index in [2.05, 4.69) is 0 Å². The molecule has 0 spiro atoms. The number of rotatable bonds is 2. The van der Waals surface area contributed by atoms with Gasteiger partial charge in [-0.1, -0.05) is 11.6 Å². The summed E-state index contributed by atoms with van der Waals surface area (Å²) in [5, 5.41) is -1.48. The Morgan fingerprint density at radius 3 is 2.25 bits per heavy atom. The van der Waals surface area contributed by atoms with Crippen molar-refractivity contribution in [2.75, 3.05) is 0 Å². The van der Waals surface area contributed by atoms with Gasteiger partial charge in [0.15, 0.2) is 0 Å². The van der Waals surface area contributed by atoms with Gasteiger partial charge in [0.05, 0.1) is 16.3 Å². The van der Waals surface area contributed by atoms with Gasteiger partial charge >= 0.3 is 11.9 Å². The normalized spacial score (nSPS) is 11.6. The predicted molar refractivity (Wildman–Crippen MR) is 77.4 cm³/mol. The number of carbonyl (C=O) groups is 1. The molecule has 0 unspecified atom stereocenters. The van der Waals surface area contributed by atoms with Gasteiger partial charge in [-0.2, -0.15) is 13.2 Å². The highest BCUT2D eigenvalue weighted by Gasteiger charge is 2.35.